The molecule has 2 aliphatic rings. The number of amides is 1. The number of fused-ring (bicyclic) bond motifs is 1. The van der Waals surface area contributed by atoms with Crippen LogP contribution in [0, 0.1) is 17.2 Å². The van der Waals surface area contributed by atoms with E-state index < -0.39 is 11.4 Å². The molecule has 1 N–H and O–H groups in total. The number of carbonyl (C=O) groups is 2. The van der Waals surface area contributed by atoms with Gasteiger partial charge in [-0.2, -0.15) is 0 Å². The SMILES string of the molecule is O=C(c1ccc(COc2ccc(F)cc2)o1)N1C[C@@H]2CCC[C@@]2(C(=O)O)C1. The van der Waals surface area contributed by atoms with Crippen LogP contribution in [0.25, 0.3) is 0 Å². The van der Waals surface area contributed by atoms with Crippen molar-refractivity contribution in [2.75, 3.05) is 13.1 Å². The Morgan fingerprint density at radius 2 is 2.04 bits per heavy atom. The zero-order valence-corrected chi connectivity index (χ0v) is 14.7. The number of carboxylic acid groups (broad SMARTS) is 1. The van der Waals surface area contributed by atoms with Crippen LogP contribution in [-0.4, -0.2) is 35.0 Å². The van der Waals surface area contributed by atoms with E-state index in [1.807, 2.05) is 0 Å². The lowest BCUT2D eigenvalue weighted by atomic mass is 9.81. The Kier molecular flexibility index (Phi) is 4.37. The summed E-state index contributed by atoms with van der Waals surface area (Å²) in [7, 11) is 0. The first-order valence-electron chi connectivity index (χ1n) is 8.98. The average Bonchev–Trinajstić information content (AvgIpc) is 3.35. The molecule has 1 aliphatic heterocycles. The molecule has 6 nitrogen and oxygen atoms in total. The van der Waals surface area contributed by atoms with Crippen LogP contribution in [0.4, 0.5) is 4.39 Å². The Labute approximate surface area is 155 Å². The van der Waals surface area contributed by atoms with Gasteiger partial charge in [-0.05, 0) is 55.2 Å². The first kappa shape index (κ1) is 17.6. The molecule has 1 saturated carbocycles. The summed E-state index contributed by atoms with van der Waals surface area (Å²) in [5.41, 5.74) is -0.809. The van der Waals surface area contributed by atoms with Crippen molar-refractivity contribution in [2.45, 2.75) is 25.9 Å². The maximum Gasteiger partial charge on any atom is 0.311 e. The maximum absolute atomic E-state index is 12.9. The third kappa shape index (κ3) is 3.18. The molecule has 0 radical (unpaired) electrons. The standard InChI is InChI=1S/C20H20FNO5/c21-14-3-5-15(6-4-14)26-11-16-7-8-17(27-16)18(23)22-10-13-2-1-9-20(13,12-22)19(24)25/h3-8,13H,1-2,9-12H2,(H,24,25)/t13-,20+/m0/s1. The normalized spacial score (nSPS) is 24.0. The molecule has 0 spiro atoms. The fourth-order valence-electron chi connectivity index (χ4n) is 4.21. The third-order valence-electron chi connectivity index (χ3n) is 5.65. The van der Waals surface area contributed by atoms with Crippen LogP contribution >= 0.6 is 0 Å². The number of hydrogen-bond donors (Lipinski definition) is 1. The van der Waals surface area contributed by atoms with E-state index in [4.69, 9.17) is 9.15 Å². The van der Waals surface area contributed by atoms with Crippen molar-refractivity contribution in [3.05, 3.63) is 53.7 Å². The Morgan fingerprint density at radius 3 is 2.74 bits per heavy atom. The molecule has 0 unspecified atom stereocenters. The summed E-state index contributed by atoms with van der Waals surface area (Å²) in [5, 5.41) is 9.64. The minimum absolute atomic E-state index is 0.00944. The highest BCUT2D eigenvalue weighted by Crippen LogP contribution is 2.49. The molecule has 0 bridgehead atoms. The van der Waals surface area contributed by atoms with E-state index in [2.05, 4.69) is 0 Å². The molecule has 1 amide bonds. The predicted molar refractivity (Wildman–Crippen MR) is 92.8 cm³/mol. The molecule has 2 fully saturated rings. The first-order chi connectivity index (χ1) is 13.0. The van der Waals surface area contributed by atoms with Crippen molar-refractivity contribution in [2.24, 2.45) is 11.3 Å². The molecule has 1 aliphatic carbocycles. The Hall–Kier alpha value is -2.83. The van der Waals surface area contributed by atoms with Crippen LogP contribution in [0.1, 0.15) is 35.6 Å². The number of aliphatic carboxylic acids is 1. The van der Waals surface area contributed by atoms with Gasteiger partial charge in [-0.15, -0.1) is 0 Å². The lowest BCUT2D eigenvalue weighted by Crippen LogP contribution is -2.37. The molecule has 2 aromatic rings. The summed E-state index contributed by atoms with van der Waals surface area (Å²) >= 11 is 0. The average molecular weight is 373 g/mol. The lowest BCUT2D eigenvalue weighted by molar-refractivity contribution is -0.149. The Morgan fingerprint density at radius 1 is 1.26 bits per heavy atom. The van der Waals surface area contributed by atoms with Gasteiger partial charge in [-0.25, -0.2) is 4.39 Å². The van der Waals surface area contributed by atoms with Gasteiger partial charge >= 0.3 is 5.97 Å². The van der Waals surface area contributed by atoms with Crippen LogP contribution in [-0.2, 0) is 11.4 Å². The largest absolute Gasteiger partial charge is 0.486 e. The van der Waals surface area contributed by atoms with Crippen molar-refractivity contribution >= 4 is 11.9 Å². The highest BCUT2D eigenvalue weighted by molar-refractivity contribution is 5.92. The Bertz CT molecular complexity index is 862. The van der Waals surface area contributed by atoms with Gasteiger partial charge in [0, 0.05) is 13.1 Å². The van der Waals surface area contributed by atoms with E-state index in [1.165, 1.54) is 24.3 Å². The van der Waals surface area contributed by atoms with Crippen molar-refractivity contribution < 1.29 is 28.2 Å². The van der Waals surface area contributed by atoms with Crippen LogP contribution in [0.5, 0.6) is 5.75 Å². The molecule has 27 heavy (non-hydrogen) atoms. The second-order valence-electron chi connectivity index (χ2n) is 7.24. The van der Waals surface area contributed by atoms with Crippen LogP contribution in [0.15, 0.2) is 40.8 Å². The molecule has 4 rings (SSSR count). The van der Waals surface area contributed by atoms with Crippen molar-refractivity contribution in [1.29, 1.82) is 0 Å². The highest BCUT2D eigenvalue weighted by Gasteiger charge is 2.56. The van der Waals surface area contributed by atoms with Gasteiger partial charge in [0.25, 0.3) is 5.91 Å². The monoisotopic (exact) mass is 373 g/mol. The van der Waals surface area contributed by atoms with Crippen LogP contribution in [0.3, 0.4) is 0 Å². The quantitative estimate of drug-likeness (QED) is 0.870. The van der Waals surface area contributed by atoms with E-state index in [-0.39, 0.29) is 36.6 Å². The summed E-state index contributed by atoms with van der Waals surface area (Å²) < 4.78 is 24.0. The Balaban J connectivity index is 1.40. The molecule has 7 heteroatoms. The van der Waals surface area contributed by atoms with Gasteiger partial charge in [0.2, 0.25) is 0 Å². The highest BCUT2D eigenvalue weighted by atomic mass is 19.1. The summed E-state index contributed by atoms with van der Waals surface area (Å²) in [4.78, 5) is 26.1. The molecule has 1 aromatic carbocycles. The van der Waals surface area contributed by atoms with Crippen molar-refractivity contribution in [3.8, 4) is 5.75 Å². The molecular weight excluding hydrogens is 353 g/mol. The summed E-state index contributed by atoms with van der Waals surface area (Å²) in [5.74, 6) is -0.302. The van der Waals surface area contributed by atoms with Crippen molar-refractivity contribution in [1.82, 2.24) is 4.90 Å². The number of benzene rings is 1. The van der Waals surface area contributed by atoms with Crippen molar-refractivity contribution in [3.63, 3.8) is 0 Å². The summed E-state index contributed by atoms with van der Waals surface area (Å²) in [6.45, 7) is 0.793. The first-order valence-corrected chi connectivity index (χ1v) is 8.98. The van der Waals surface area contributed by atoms with Gasteiger partial charge in [0.05, 0.1) is 5.41 Å². The number of furan rings is 1. The smallest absolute Gasteiger partial charge is 0.311 e. The van der Waals surface area contributed by atoms with E-state index in [0.717, 1.165) is 12.8 Å². The van der Waals surface area contributed by atoms with Gasteiger partial charge in [0.1, 0.15) is 23.9 Å². The van der Waals surface area contributed by atoms with E-state index in [9.17, 15) is 19.1 Å². The molecule has 2 heterocycles. The van der Waals surface area contributed by atoms with Gasteiger partial charge < -0.3 is 19.2 Å². The second kappa shape index (κ2) is 6.72. The zero-order chi connectivity index (χ0) is 19.0. The fraction of sp³-hybridized carbons (Fsp3) is 0.400. The number of carboxylic acids is 1. The third-order valence-corrected chi connectivity index (χ3v) is 5.65. The minimum Gasteiger partial charge on any atom is -0.486 e. The predicted octanol–water partition coefficient (Wildman–Crippen LogP) is 3.32. The van der Waals surface area contributed by atoms with E-state index >= 15 is 0 Å². The topological polar surface area (TPSA) is 80.0 Å². The van der Waals surface area contributed by atoms with E-state index in [1.54, 1.807) is 17.0 Å². The number of ether oxygens (including phenoxy) is 1. The van der Waals surface area contributed by atoms with Gasteiger partial charge in [-0.1, -0.05) is 6.42 Å². The molecule has 2 atom stereocenters. The number of likely N-dealkylation sites (tertiary alicyclic amines) is 1. The van der Waals surface area contributed by atoms with Crippen LogP contribution < -0.4 is 4.74 Å². The number of nitrogens with zero attached hydrogens (tertiary/aromatic N) is 1. The molecular formula is C20H20FNO5. The van der Waals surface area contributed by atoms with Gasteiger partial charge in [-0.3, -0.25) is 9.59 Å². The molecule has 142 valence electrons. The van der Waals surface area contributed by atoms with Crippen LogP contribution in [0.2, 0.25) is 0 Å². The number of hydrogen-bond acceptors (Lipinski definition) is 4. The maximum atomic E-state index is 12.9. The lowest BCUT2D eigenvalue weighted by Gasteiger charge is -2.22. The zero-order valence-electron chi connectivity index (χ0n) is 14.7. The minimum atomic E-state index is -0.812. The second-order valence-corrected chi connectivity index (χ2v) is 7.24. The number of rotatable bonds is 5. The summed E-state index contributed by atoms with van der Waals surface area (Å²) in [6, 6.07) is 8.86. The fourth-order valence-corrected chi connectivity index (χ4v) is 4.21. The summed E-state index contributed by atoms with van der Waals surface area (Å²) in [6.07, 6.45) is 2.35. The number of carbonyl (C=O) groups excluding carboxylic acids is 1. The van der Waals surface area contributed by atoms with Gasteiger partial charge in [0.15, 0.2) is 5.76 Å². The molecule has 1 saturated heterocycles. The number of halogens is 1. The molecule has 1 aromatic heterocycles. The van der Waals surface area contributed by atoms with E-state index in [0.29, 0.717) is 24.5 Å².